The van der Waals surface area contributed by atoms with Crippen LogP contribution in [0.2, 0.25) is 10.0 Å². The van der Waals surface area contributed by atoms with Crippen LogP contribution in [-0.4, -0.2) is 31.4 Å². The molecular formula is C23H18Cl2F3N5O2S2. The summed E-state index contributed by atoms with van der Waals surface area (Å²) in [4.78, 5) is 16.9. The van der Waals surface area contributed by atoms with Gasteiger partial charge < -0.3 is 14.6 Å². The lowest BCUT2D eigenvalue weighted by atomic mass is 10.2. The SMILES string of the molecule is CCn1c(COc2cccc(C(F)(F)F)c2)nnc1SCC(=O)Nc1nc(-c2ccc(Cl)cc2Cl)cs1. The molecule has 194 valence electrons. The highest BCUT2D eigenvalue weighted by Gasteiger charge is 2.30. The maximum Gasteiger partial charge on any atom is 0.416 e. The molecule has 0 radical (unpaired) electrons. The highest BCUT2D eigenvalue weighted by Crippen LogP contribution is 2.33. The second kappa shape index (κ2) is 11.7. The minimum atomic E-state index is -4.46. The van der Waals surface area contributed by atoms with Crippen molar-refractivity contribution in [1.29, 1.82) is 0 Å². The second-order valence-electron chi connectivity index (χ2n) is 7.46. The third-order valence-electron chi connectivity index (χ3n) is 4.93. The fourth-order valence-corrected chi connectivity index (χ4v) is 5.25. The van der Waals surface area contributed by atoms with Gasteiger partial charge in [-0.05, 0) is 43.3 Å². The van der Waals surface area contributed by atoms with Crippen molar-refractivity contribution < 1.29 is 22.7 Å². The van der Waals surface area contributed by atoms with Crippen LogP contribution in [0.3, 0.4) is 0 Å². The summed E-state index contributed by atoms with van der Waals surface area (Å²) >= 11 is 14.6. The first-order valence-electron chi connectivity index (χ1n) is 10.7. The molecule has 0 aliphatic heterocycles. The molecule has 37 heavy (non-hydrogen) atoms. The molecule has 0 aliphatic rings. The number of ether oxygens (including phenoxy) is 1. The van der Waals surface area contributed by atoms with Crippen LogP contribution < -0.4 is 10.1 Å². The largest absolute Gasteiger partial charge is 0.486 e. The second-order valence-corrected chi connectivity index (χ2v) is 10.1. The van der Waals surface area contributed by atoms with Gasteiger partial charge in [0.1, 0.15) is 12.4 Å². The maximum absolute atomic E-state index is 12.9. The number of thioether (sulfide) groups is 1. The third kappa shape index (κ3) is 6.95. The van der Waals surface area contributed by atoms with Crippen LogP contribution in [0, 0.1) is 0 Å². The summed E-state index contributed by atoms with van der Waals surface area (Å²) in [6.07, 6.45) is -4.46. The molecule has 0 spiro atoms. The van der Waals surface area contributed by atoms with E-state index >= 15 is 0 Å². The number of anilines is 1. The van der Waals surface area contributed by atoms with Crippen LogP contribution in [0.5, 0.6) is 5.75 Å². The number of halogens is 5. The van der Waals surface area contributed by atoms with Crippen LogP contribution in [0.15, 0.2) is 53.0 Å². The number of rotatable bonds is 9. The number of alkyl halides is 3. The van der Waals surface area contributed by atoms with E-state index in [9.17, 15) is 18.0 Å². The molecule has 14 heteroatoms. The minimum Gasteiger partial charge on any atom is -0.486 e. The first-order valence-corrected chi connectivity index (χ1v) is 13.3. The zero-order chi connectivity index (χ0) is 26.6. The summed E-state index contributed by atoms with van der Waals surface area (Å²) in [5.74, 6) is 0.243. The van der Waals surface area contributed by atoms with Gasteiger partial charge in [0.15, 0.2) is 16.1 Å². The fraction of sp³-hybridized carbons (Fsp3) is 0.217. The van der Waals surface area contributed by atoms with Gasteiger partial charge in [0.25, 0.3) is 0 Å². The Hall–Kier alpha value is -2.80. The van der Waals surface area contributed by atoms with Crippen molar-refractivity contribution in [1.82, 2.24) is 19.7 Å². The Balaban J connectivity index is 1.34. The van der Waals surface area contributed by atoms with E-state index < -0.39 is 11.7 Å². The molecule has 0 atom stereocenters. The molecule has 0 unspecified atom stereocenters. The molecule has 0 bridgehead atoms. The van der Waals surface area contributed by atoms with E-state index in [1.807, 2.05) is 6.92 Å². The lowest BCUT2D eigenvalue weighted by molar-refractivity contribution is -0.137. The van der Waals surface area contributed by atoms with Crippen LogP contribution in [0.4, 0.5) is 18.3 Å². The molecular weight excluding hydrogens is 570 g/mol. The molecule has 7 nitrogen and oxygen atoms in total. The van der Waals surface area contributed by atoms with Gasteiger partial charge in [-0.2, -0.15) is 13.2 Å². The number of hydrogen-bond donors (Lipinski definition) is 1. The number of amides is 1. The molecule has 1 amide bonds. The van der Waals surface area contributed by atoms with E-state index in [0.29, 0.717) is 44.0 Å². The predicted octanol–water partition coefficient (Wildman–Crippen LogP) is 7.06. The van der Waals surface area contributed by atoms with Gasteiger partial charge in [-0.15, -0.1) is 21.5 Å². The van der Waals surface area contributed by atoms with Crippen molar-refractivity contribution in [2.24, 2.45) is 0 Å². The van der Waals surface area contributed by atoms with Gasteiger partial charge in [0, 0.05) is 22.5 Å². The van der Waals surface area contributed by atoms with Crippen LogP contribution in [0.1, 0.15) is 18.3 Å². The Kier molecular flexibility index (Phi) is 8.63. The Morgan fingerprint density at radius 1 is 1.19 bits per heavy atom. The highest BCUT2D eigenvalue weighted by molar-refractivity contribution is 7.99. The number of hydrogen-bond acceptors (Lipinski definition) is 7. The standard InChI is InChI=1S/C23H18Cl2F3N5O2S2/c1-2-33-19(10-35-15-5-3-4-13(8-15)23(26,27)28)31-32-22(33)37-12-20(34)30-21-29-18(11-36-21)16-7-6-14(24)9-17(16)25/h3-9,11H,2,10,12H2,1H3,(H,29,30,34). The molecule has 4 aromatic rings. The number of aromatic nitrogens is 4. The lowest BCUT2D eigenvalue weighted by Crippen LogP contribution is -2.14. The topological polar surface area (TPSA) is 81.9 Å². The van der Waals surface area contributed by atoms with Crippen molar-refractivity contribution in [3.05, 3.63) is 69.3 Å². The molecule has 0 aliphatic carbocycles. The predicted molar refractivity (Wildman–Crippen MR) is 138 cm³/mol. The normalized spacial score (nSPS) is 11.5. The molecule has 4 rings (SSSR count). The number of nitrogens with one attached hydrogen (secondary N) is 1. The minimum absolute atomic E-state index is 0.0449. The summed E-state index contributed by atoms with van der Waals surface area (Å²) < 4.78 is 46.0. The first-order chi connectivity index (χ1) is 17.6. The van der Waals surface area contributed by atoms with E-state index in [-0.39, 0.29) is 24.0 Å². The smallest absolute Gasteiger partial charge is 0.416 e. The van der Waals surface area contributed by atoms with Gasteiger partial charge in [0.2, 0.25) is 5.91 Å². The molecule has 2 aromatic carbocycles. The molecule has 0 fully saturated rings. The number of carbonyl (C=O) groups excluding carboxylic acids is 1. The summed E-state index contributed by atoms with van der Waals surface area (Å²) in [6.45, 7) is 2.26. The Morgan fingerprint density at radius 2 is 2.00 bits per heavy atom. The molecule has 2 aromatic heterocycles. The number of carbonyl (C=O) groups is 1. The van der Waals surface area contributed by atoms with E-state index in [0.717, 1.165) is 12.1 Å². The molecule has 0 saturated heterocycles. The number of benzene rings is 2. The van der Waals surface area contributed by atoms with E-state index in [2.05, 4.69) is 20.5 Å². The van der Waals surface area contributed by atoms with Crippen molar-refractivity contribution in [3.63, 3.8) is 0 Å². The average Bonchev–Trinajstić information content (AvgIpc) is 3.47. The van der Waals surface area contributed by atoms with Crippen LogP contribution in [-0.2, 0) is 24.1 Å². The molecule has 0 saturated carbocycles. The van der Waals surface area contributed by atoms with Crippen molar-refractivity contribution >= 4 is 57.3 Å². The van der Waals surface area contributed by atoms with Crippen LogP contribution >= 0.6 is 46.3 Å². The van der Waals surface area contributed by atoms with Crippen molar-refractivity contribution in [2.75, 3.05) is 11.1 Å². The van der Waals surface area contributed by atoms with Gasteiger partial charge in [-0.1, -0.05) is 41.0 Å². The molecule has 2 heterocycles. The Morgan fingerprint density at radius 3 is 2.73 bits per heavy atom. The van der Waals surface area contributed by atoms with Gasteiger partial charge in [-0.25, -0.2) is 4.98 Å². The van der Waals surface area contributed by atoms with E-state index in [1.165, 1.54) is 35.2 Å². The van der Waals surface area contributed by atoms with Gasteiger partial charge in [-0.3, -0.25) is 4.79 Å². The zero-order valence-corrected chi connectivity index (χ0v) is 22.2. The van der Waals surface area contributed by atoms with Gasteiger partial charge >= 0.3 is 6.18 Å². The quantitative estimate of drug-likeness (QED) is 0.211. The Labute approximate surface area is 228 Å². The summed E-state index contributed by atoms with van der Waals surface area (Å²) in [5.41, 5.74) is 0.520. The lowest BCUT2D eigenvalue weighted by Gasteiger charge is -2.11. The fourth-order valence-electron chi connectivity index (χ4n) is 3.20. The first kappa shape index (κ1) is 27.2. The summed E-state index contributed by atoms with van der Waals surface area (Å²) in [5, 5.41) is 14.6. The van der Waals surface area contributed by atoms with Gasteiger partial charge in [0.05, 0.1) is 22.0 Å². The summed E-state index contributed by atoms with van der Waals surface area (Å²) in [7, 11) is 0. The number of nitrogens with zero attached hydrogens (tertiary/aromatic N) is 4. The Bertz CT molecular complexity index is 1410. The van der Waals surface area contributed by atoms with Crippen molar-refractivity contribution in [2.45, 2.75) is 31.4 Å². The zero-order valence-electron chi connectivity index (χ0n) is 19.1. The maximum atomic E-state index is 12.9. The monoisotopic (exact) mass is 587 g/mol. The highest BCUT2D eigenvalue weighted by atomic mass is 35.5. The van der Waals surface area contributed by atoms with Crippen LogP contribution in [0.25, 0.3) is 11.3 Å². The summed E-state index contributed by atoms with van der Waals surface area (Å²) in [6, 6.07) is 9.70. The molecule has 1 N–H and O–H groups in total. The third-order valence-corrected chi connectivity index (χ3v) is 7.20. The van der Waals surface area contributed by atoms with Crippen molar-refractivity contribution in [3.8, 4) is 17.0 Å². The number of thiazole rings is 1. The van der Waals surface area contributed by atoms with E-state index in [4.69, 9.17) is 27.9 Å². The average molecular weight is 588 g/mol. The van der Waals surface area contributed by atoms with E-state index in [1.54, 1.807) is 28.1 Å².